The normalized spacial score (nSPS) is 13.2. The Morgan fingerprint density at radius 1 is 1.50 bits per heavy atom. The van der Waals surface area contributed by atoms with Crippen molar-refractivity contribution in [1.29, 1.82) is 0 Å². The average molecular weight is 185 g/mol. The van der Waals surface area contributed by atoms with Crippen molar-refractivity contribution in [3.63, 3.8) is 0 Å². The zero-order valence-electron chi connectivity index (χ0n) is 8.98. The van der Waals surface area contributed by atoms with Crippen LogP contribution < -0.4 is 5.32 Å². The molecule has 0 aliphatic heterocycles. The summed E-state index contributed by atoms with van der Waals surface area (Å²) in [6, 6.07) is 1.47. The molecular weight excluding hydrogens is 162 g/mol. The van der Waals surface area contributed by atoms with Gasteiger partial charge in [-0.2, -0.15) is 0 Å². The number of hydrogen-bond acceptors (Lipinski definition) is 1. The molecule has 1 N–H and O–H groups in total. The van der Waals surface area contributed by atoms with Crippen molar-refractivity contribution in [3.8, 4) is 0 Å². The van der Waals surface area contributed by atoms with E-state index < -0.39 is 0 Å². The Kier molecular flexibility index (Phi) is 7.26. The fourth-order valence-electron chi connectivity index (χ4n) is 1.29. The quantitative estimate of drug-likeness (QED) is 0.493. The van der Waals surface area contributed by atoms with Gasteiger partial charge >= 0.3 is 0 Å². The molecule has 72 valence electrons. The summed E-state index contributed by atoms with van der Waals surface area (Å²) in [6.07, 6.45) is 4.98. The van der Waals surface area contributed by atoms with E-state index in [-0.39, 0.29) is 9.52 Å². The molecule has 2 heteroatoms. The zero-order valence-corrected chi connectivity index (χ0v) is 10.4. The van der Waals surface area contributed by atoms with Crippen LogP contribution in [0.25, 0.3) is 0 Å². The molecule has 0 bridgehead atoms. The van der Waals surface area contributed by atoms with E-state index in [0.29, 0.717) is 0 Å². The van der Waals surface area contributed by atoms with E-state index in [0.717, 1.165) is 5.92 Å². The molecule has 0 aromatic carbocycles. The molecule has 1 nitrogen and oxygen atoms in total. The van der Waals surface area contributed by atoms with Crippen molar-refractivity contribution in [2.24, 2.45) is 5.92 Å². The molecule has 0 spiro atoms. The Bertz CT molecular complexity index is 130. The zero-order chi connectivity index (χ0) is 9.40. The van der Waals surface area contributed by atoms with Crippen LogP contribution in [0.2, 0.25) is 6.04 Å². The Hall–Kier alpha value is -0.243. The van der Waals surface area contributed by atoms with Gasteiger partial charge in [0.25, 0.3) is 0 Å². The summed E-state index contributed by atoms with van der Waals surface area (Å²) in [5, 5.41) is 4.83. The largest absolute Gasteiger partial charge is 0.394 e. The maximum absolute atomic E-state index is 3.15. The van der Waals surface area contributed by atoms with Crippen molar-refractivity contribution < 1.29 is 0 Å². The molecule has 0 aromatic heterocycles. The number of nitrogens with one attached hydrogen (secondary N) is 1. The molecule has 0 rings (SSSR count). The van der Waals surface area contributed by atoms with Crippen LogP contribution in [0.15, 0.2) is 11.4 Å². The molecule has 0 atom stereocenters. The minimum absolute atomic E-state index is 0.0544. The first-order chi connectivity index (χ1) is 5.72. The second-order valence-corrected chi connectivity index (χ2v) is 5.64. The minimum Gasteiger partial charge on any atom is -0.394 e. The Morgan fingerprint density at radius 2 is 2.17 bits per heavy atom. The smallest absolute Gasteiger partial charge is 0.0518 e. The highest BCUT2D eigenvalue weighted by atomic mass is 28.2. The van der Waals surface area contributed by atoms with E-state index in [2.05, 4.69) is 32.3 Å². The monoisotopic (exact) mass is 185 g/mol. The van der Waals surface area contributed by atoms with Crippen molar-refractivity contribution >= 4 is 9.52 Å². The molecule has 0 fully saturated rings. The molecule has 0 saturated carbocycles. The Morgan fingerprint density at radius 3 is 2.58 bits per heavy atom. The van der Waals surface area contributed by atoms with Gasteiger partial charge in [-0.15, -0.1) is 0 Å². The average Bonchev–Trinajstić information content (AvgIpc) is 2.03. The predicted molar refractivity (Wildman–Crippen MR) is 60.2 cm³/mol. The highest BCUT2D eigenvalue weighted by Gasteiger charge is 2.02. The molecule has 0 aliphatic rings. The summed E-state index contributed by atoms with van der Waals surface area (Å²) in [6.45, 7) is 6.86. The van der Waals surface area contributed by atoms with Crippen LogP contribution in [0, 0.1) is 5.92 Å². The predicted octanol–water partition coefficient (Wildman–Crippen LogP) is 2.09. The van der Waals surface area contributed by atoms with Crippen LogP contribution in [0.4, 0.5) is 0 Å². The van der Waals surface area contributed by atoms with Crippen LogP contribution in [-0.4, -0.2) is 16.6 Å². The van der Waals surface area contributed by atoms with Gasteiger partial charge in [-0.1, -0.05) is 44.9 Å². The second kappa shape index (κ2) is 7.41. The van der Waals surface area contributed by atoms with Crippen molar-refractivity contribution in [3.05, 3.63) is 11.4 Å². The van der Waals surface area contributed by atoms with Crippen LogP contribution in [0.1, 0.15) is 33.6 Å². The van der Waals surface area contributed by atoms with Crippen LogP contribution in [-0.2, 0) is 0 Å². The standard InChI is InChI=1S/C10H23NSi/c1-5-6-7-12-10(8-11-4)9(2)3/h8-9,11H,5-7,12H2,1-4H3. The van der Waals surface area contributed by atoms with Crippen molar-refractivity contribution in [2.45, 2.75) is 39.7 Å². The van der Waals surface area contributed by atoms with E-state index in [1.165, 1.54) is 18.9 Å². The third kappa shape index (κ3) is 5.41. The van der Waals surface area contributed by atoms with Gasteiger partial charge in [0.05, 0.1) is 9.52 Å². The third-order valence-corrected chi connectivity index (χ3v) is 4.59. The SMILES string of the molecule is CCCC[SiH2]C(=CNC)C(C)C. The third-order valence-electron chi connectivity index (χ3n) is 2.14. The molecule has 0 radical (unpaired) electrons. The van der Waals surface area contributed by atoms with E-state index in [1.54, 1.807) is 5.20 Å². The highest BCUT2D eigenvalue weighted by molar-refractivity contribution is 6.45. The maximum atomic E-state index is 3.15. The lowest BCUT2D eigenvalue weighted by Gasteiger charge is -2.10. The molecular formula is C10H23NSi. The van der Waals surface area contributed by atoms with Gasteiger partial charge in [-0.25, -0.2) is 0 Å². The summed E-state index contributed by atoms with van der Waals surface area (Å²) in [5.41, 5.74) is 0. The van der Waals surface area contributed by atoms with E-state index in [4.69, 9.17) is 0 Å². The van der Waals surface area contributed by atoms with Crippen LogP contribution in [0.3, 0.4) is 0 Å². The van der Waals surface area contributed by atoms with Crippen molar-refractivity contribution in [1.82, 2.24) is 5.32 Å². The van der Waals surface area contributed by atoms with Crippen LogP contribution in [0.5, 0.6) is 0 Å². The lowest BCUT2D eigenvalue weighted by atomic mass is 10.2. The highest BCUT2D eigenvalue weighted by Crippen LogP contribution is 2.09. The summed E-state index contributed by atoms with van der Waals surface area (Å²) in [5.74, 6) is 0.751. The lowest BCUT2D eigenvalue weighted by Crippen LogP contribution is -2.08. The van der Waals surface area contributed by atoms with E-state index >= 15 is 0 Å². The summed E-state index contributed by atoms with van der Waals surface area (Å²) in [7, 11) is 2.05. The molecule has 0 unspecified atom stereocenters. The first-order valence-corrected chi connectivity index (χ1v) is 6.79. The first kappa shape index (κ1) is 11.8. The summed E-state index contributed by atoms with van der Waals surface area (Å²) < 4.78 is 0. The van der Waals surface area contributed by atoms with E-state index in [1.807, 2.05) is 7.05 Å². The Labute approximate surface area is 79.5 Å². The molecule has 0 aromatic rings. The van der Waals surface area contributed by atoms with Gasteiger partial charge in [0.1, 0.15) is 0 Å². The van der Waals surface area contributed by atoms with E-state index in [9.17, 15) is 0 Å². The summed E-state index contributed by atoms with van der Waals surface area (Å²) >= 11 is 0. The van der Waals surface area contributed by atoms with Gasteiger partial charge in [0, 0.05) is 7.05 Å². The molecule has 0 aliphatic carbocycles. The fourth-order valence-corrected chi connectivity index (χ4v) is 3.38. The fraction of sp³-hybridized carbons (Fsp3) is 0.800. The second-order valence-electron chi connectivity index (χ2n) is 3.62. The molecule has 0 heterocycles. The van der Waals surface area contributed by atoms with Gasteiger partial charge in [-0.3, -0.25) is 0 Å². The maximum Gasteiger partial charge on any atom is 0.0518 e. The molecule has 12 heavy (non-hydrogen) atoms. The number of unbranched alkanes of at least 4 members (excludes halogenated alkanes) is 1. The Balaban J connectivity index is 3.72. The van der Waals surface area contributed by atoms with Crippen molar-refractivity contribution in [2.75, 3.05) is 7.05 Å². The van der Waals surface area contributed by atoms with Gasteiger partial charge in [0.2, 0.25) is 0 Å². The number of rotatable bonds is 6. The molecule has 0 amide bonds. The van der Waals surface area contributed by atoms with Gasteiger partial charge < -0.3 is 5.32 Å². The number of allylic oxidation sites excluding steroid dienone is 1. The van der Waals surface area contributed by atoms with Gasteiger partial charge in [-0.05, 0) is 12.1 Å². The summed E-state index contributed by atoms with van der Waals surface area (Å²) in [4.78, 5) is 0. The molecule has 0 saturated heterocycles. The number of hydrogen-bond donors (Lipinski definition) is 1. The first-order valence-electron chi connectivity index (χ1n) is 5.08. The minimum atomic E-state index is 0.0544. The lowest BCUT2D eigenvalue weighted by molar-refractivity contribution is 0.793. The van der Waals surface area contributed by atoms with Gasteiger partial charge in [0.15, 0.2) is 0 Å². The topological polar surface area (TPSA) is 12.0 Å². The van der Waals surface area contributed by atoms with Crippen LogP contribution >= 0.6 is 0 Å².